The molecule has 1 fully saturated rings. The van der Waals surface area contributed by atoms with E-state index in [0.717, 1.165) is 38.8 Å². The second kappa shape index (κ2) is 5.10. The molecule has 0 saturated carbocycles. The van der Waals surface area contributed by atoms with Crippen LogP contribution in [0, 0.1) is 0 Å². The Kier molecular flexibility index (Phi) is 3.74. The van der Waals surface area contributed by atoms with Crippen molar-refractivity contribution >= 4 is 0 Å². The zero-order valence-electron chi connectivity index (χ0n) is 9.96. The van der Waals surface area contributed by atoms with Gasteiger partial charge in [-0.2, -0.15) is 0 Å². The van der Waals surface area contributed by atoms with Gasteiger partial charge in [-0.15, -0.1) is 0 Å². The fraction of sp³-hybridized carbons (Fsp3) is 0.538. The van der Waals surface area contributed by atoms with Crippen LogP contribution < -0.4 is 0 Å². The lowest BCUT2D eigenvalue weighted by Crippen LogP contribution is -2.35. The molecule has 0 radical (unpaired) electrons. The number of hydrogen-bond donors (Lipinski definition) is 0. The SMILES string of the molecule is CC(F)(F)c1cccc(CN2CCOCC2)c1. The standard InChI is InChI=1S/C13H17F2NO/c1-13(14,15)12-4-2-3-11(9-12)10-16-5-7-17-8-6-16/h2-4,9H,5-8,10H2,1H3. The van der Waals surface area contributed by atoms with Gasteiger partial charge in [0.05, 0.1) is 13.2 Å². The molecule has 0 aromatic heterocycles. The fourth-order valence-corrected chi connectivity index (χ4v) is 1.96. The van der Waals surface area contributed by atoms with Crippen molar-refractivity contribution in [1.29, 1.82) is 0 Å². The number of ether oxygens (including phenoxy) is 1. The van der Waals surface area contributed by atoms with E-state index in [9.17, 15) is 8.78 Å². The molecule has 0 bridgehead atoms. The molecule has 1 aromatic carbocycles. The van der Waals surface area contributed by atoms with Crippen LogP contribution in [0.2, 0.25) is 0 Å². The lowest BCUT2D eigenvalue weighted by molar-refractivity contribution is 0.0169. The van der Waals surface area contributed by atoms with Gasteiger partial charge in [-0.3, -0.25) is 4.90 Å². The van der Waals surface area contributed by atoms with Crippen molar-refractivity contribution < 1.29 is 13.5 Å². The van der Waals surface area contributed by atoms with Gasteiger partial charge in [-0.1, -0.05) is 18.2 Å². The van der Waals surface area contributed by atoms with Gasteiger partial charge in [0.15, 0.2) is 0 Å². The average Bonchev–Trinajstić information content (AvgIpc) is 2.29. The van der Waals surface area contributed by atoms with Crippen molar-refractivity contribution in [3.8, 4) is 0 Å². The molecule has 4 heteroatoms. The summed E-state index contributed by atoms with van der Waals surface area (Å²) in [5.41, 5.74) is 1.02. The molecule has 1 heterocycles. The molecule has 1 aliphatic heterocycles. The maximum atomic E-state index is 13.2. The molecule has 2 rings (SSSR count). The van der Waals surface area contributed by atoms with Crippen molar-refractivity contribution in [3.05, 3.63) is 35.4 Å². The first-order chi connectivity index (χ1) is 8.05. The Morgan fingerprint density at radius 1 is 1.29 bits per heavy atom. The average molecular weight is 241 g/mol. The summed E-state index contributed by atoms with van der Waals surface area (Å²) >= 11 is 0. The molecule has 17 heavy (non-hydrogen) atoms. The van der Waals surface area contributed by atoms with Crippen LogP contribution in [0.1, 0.15) is 18.1 Å². The van der Waals surface area contributed by atoms with Gasteiger partial charge in [0.1, 0.15) is 0 Å². The Bertz CT molecular complexity index is 370. The molecule has 0 amide bonds. The summed E-state index contributed by atoms with van der Waals surface area (Å²) in [5.74, 6) is -2.76. The topological polar surface area (TPSA) is 12.5 Å². The van der Waals surface area contributed by atoms with E-state index in [4.69, 9.17) is 4.74 Å². The van der Waals surface area contributed by atoms with Crippen LogP contribution in [-0.2, 0) is 17.2 Å². The summed E-state index contributed by atoms with van der Waals surface area (Å²) in [6.45, 7) is 4.83. The minimum Gasteiger partial charge on any atom is -0.379 e. The van der Waals surface area contributed by atoms with Crippen LogP contribution in [0.4, 0.5) is 8.78 Å². The second-order valence-electron chi connectivity index (χ2n) is 4.48. The predicted octanol–water partition coefficient (Wildman–Crippen LogP) is 2.63. The first-order valence-electron chi connectivity index (χ1n) is 5.83. The molecule has 0 N–H and O–H groups in total. The summed E-state index contributed by atoms with van der Waals surface area (Å²) < 4.78 is 31.6. The van der Waals surface area contributed by atoms with E-state index in [1.807, 2.05) is 6.07 Å². The monoisotopic (exact) mass is 241 g/mol. The van der Waals surface area contributed by atoms with Crippen LogP contribution in [0.25, 0.3) is 0 Å². The number of alkyl halides is 2. The van der Waals surface area contributed by atoms with Crippen molar-refractivity contribution in [2.75, 3.05) is 26.3 Å². The number of rotatable bonds is 3. The molecule has 1 aliphatic rings. The normalized spacial score (nSPS) is 18.3. The van der Waals surface area contributed by atoms with E-state index in [2.05, 4.69) is 4.90 Å². The zero-order valence-corrected chi connectivity index (χ0v) is 9.96. The van der Waals surface area contributed by atoms with Crippen LogP contribution in [0.5, 0.6) is 0 Å². The second-order valence-corrected chi connectivity index (χ2v) is 4.48. The first-order valence-corrected chi connectivity index (χ1v) is 5.83. The third-order valence-corrected chi connectivity index (χ3v) is 2.94. The fourth-order valence-electron chi connectivity index (χ4n) is 1.96. The first kappa shape index (κ1) is 12.5. The van der Waals surface area contributed by atoms with E-state index in [-0.39, 0.29) is 5.56 Å². The van der Waals surface area contributed by atoms with Crippen molar-refractivity contribution in [1.82, 2.24) is 4.90 Å². The maximum absolute atomic E-state index is 13.2. The highest BCUT2D eigenvalue weighted by atomic mass is 19.3. The van der Waals surface area contributed by atoms with Crippen LogP contribution in [-0.4, -0.2) is 31.2 Å². The molecule has 0 unspecified atom stereocenters. The van der Waals surface area contributed by atoms with Crippen LogP contribution >= 0.6 is 0 Å². The molecule has 0 aliphatic carbocycles. The van der Waals surface area contributed by atoms with E-state index >= 15 is 0 Å². The number of benzene rings is 1. The molecule has 1 aromatic rings. The van der Waals surface area contributed by atoms with Gasteiger partial charge in [-0.05, 0) is 11.6 Å². The molecule has 1 saturated heterocycles. The number of morpholine rings is 1. The van der Waals surface area contributed by atoms with Gasteiger partial charge in [0.2, 0.25) is 0 Å². The van der Waals surface area contributed by atoms with E-state index in [0.29, 0.717) is 6.54 Å². The predicted molar refractivity (Wildman–Crippen MR) is 62.1 cm³/mol. The van der Waals surface area contributed by atoms with E-state index in [1.165, 1.54) is 6.07 Å². The lowest BCUT2D eigenvalue weighted by Gasteiger charge is -2.26. The number of hydrogen-bond acceptors (Lipinski definition) is 2. The summed E-state index contributed by atoms with van der Waals surface area (Å²) in [5, 5.41) is 0. The van der Waals surface area contributed by atoms with Gasteiger partial charge in [0.25, 0.3) is 5.92 Å². The van der Waals surface area contributed by atoms with Gasteiger partial charge < -0.3 is 4.74 Å². The summed E-state index contributed by atoms with van der Waals surface area (Å²) in [7, 11) is 0. The van der Waals surface area contributed by atoms with Crippen molar-refractivity contribution in [2.24, 2.45) is 0 Å². The Balaban J connectivity index is 2.05. The summed E-state index contributed by atoms with van der Waals surface area (Å²) in [6, 6.07) is 6.66. The Hall–Kier alpha value is -1.00. The summed E-state index contributed by atoms with van der Waals surface area (Å²) in [6.07, 6.45) is 0. The van der Waals surface area contributed by atoms with E-state index in [1.54, 1.807) is 12.1 Å². The number of halogens is 2. The van der Waals surface area contributed by atoms with Gasteiger partial charge in [0, 0.05) is 32.1 Å². The van der Waals surface area contributed by atoms with E-state index < -0.39 is 5.92 Å². The minimum atomic E-state index is -2.76. The smallest absolute Gasteiger partial charge is 0.270 e. The third-order valence-electron chi connectivity index (χ3n) is 2.94. The molecule has 94 valence electrons. The number of nitrogens with zero attached hydrogens (tertiary/aromatic N) is 1. The molecule has 2 nitrogen and oxygen atoms in total. The highest BCUT2D eigenvalue weighted by Crippen LogP contribution is 2.27. The lowest BCUT2D eigenvalue weighted by atomic mass is 10.1. The Morgan fingerprint density at radius 3 is 2.65 bits per heavy atom. The van der Waals surface area contributed by atoms with Crippen molar-refractivity contribution in [2.45, 2.75) is 19.4 Å². The zero-order chi connectivity index (χ0) is 12.3. The molecular formula is C13H17F2NO. The van der Waals surface area contributed by atoms with Crippen LogP contribution in [0.15, 0.2) is 24.3 Å². The largest absolute Gasteiger partial charge is 0.379 e. The Labute approximate surface area is 100 Å². The highest BCUT2D eigenvalue weighted by Gasteiger charge is 2.24. The van der Waals surface area contributed by atoms with Crippen LogP contribution in [0.3, 0.4) is 0 Å². The quantitative estimate of drug-likeness (QED) is 0.806. The Morgan fingerprint density at radius 2 is 2.00 bits per heavy atom. The minimum absolute atomic E-state index is 0.0864. The van der Waals surface area contributed by atoms with Gasteiger partial charge >= 0.3 is 0 Å². The van der Waals surface area contributed by atoms with Crippen molar-refractivity contribution in [3.63, 3.8) is 0 Å². The maximum Gasteiger partial charge on any atom is 0.270 e. The summed E-state index contributed by atoms with van der Waals surface area (Å²) in [4.78, 5) is 2.22. The highest BCUT2D eigenvalue weighted by molar-refractivity contribution is 5.26. The molecule has 0 spiro atoms. The molecule has 0 atom stereocenters. The molecular weight excluding hydrogens is 224 g/mol. The van der Waals surface area contributed by atoms with Gasteiger partial charge in [-0.25, -0.2) is 8.78 Å². The third kappa shape index (κ3) is 3.48.